The zero-order chi connectivity index (χ0) is 14.8. The van der Waals surface area contributed by atoms with Crippen molar-refractivity contribution in [3.8, 4) is 5.75 Å². The number of fused-ring (bicyclic) bond motifs is 1. The lowest BCUT2D eigenvalue weighted by Crippen LogP contribution is -2.18. The van der Waals surface area contributed by atoms with Crippen LogP contribution in [0.15, 0.2) is 30.5 Å². The molecule has 1 heterocycles. The smallest absolute Gasteiger partial charge is 0.306 e. The minimum atomic E-state index is -0.702. The van der Waals surface area contributed by atoms with E-state index in [-0.39, 0.29) is 12.0 Å². The van der Waals surface area contributed by atoms with Gasteiger partial charge in [0.05, 0.1) is 13.0 Å². The maximum absolute atomic E-state index is 11.0. The summed E-state index contributed by atoms with van der Waals surface area (Å²) < 4.78 is 5.26. The van der Waals surface area contributed by atoms with Crippen molar-refractivity contribution in [1.82, 2.24) is 4.98 Å². The number of hydrogen-bond donors (Lipinski definition) is 2. The molecule has 110 valence electrons. The number of anilines is 1. The summed E-state index contributed by atoms with van der Waals surface area (Å²) in [5.74, 6) is 0.634. The number of nitrogens with one attached hydrogen (secondary N) is 1. The molecule has 0 bridgehead atoms. The Labute approximate surface area is 123 Å². The molecule has 1 aliphatic carbocycles. The van der Waals surface area contributed by atoms with Gasteiger partial charge in [-0.15, -0.1) is 0 Å². The molecule has 0 aliphatic heterocycles. The van der Waals surface area contributed by atoms with Gasteiger partial charge in [0, 0.05) is 17.6 Å². The lowest BCUT2D eigenvalue weighted by molar-refractivity contribution is -0.141. The SMILES string of the molecule is COc1ccc2ccnc(N[C@H]3CC[C@@H](C(=O)O)C3)c2c1. The van der Waals surface area contributed by atoms with Gasteiger partial charge in [-0.1, -0.05) is 6.07 Å². The molecule has 1 aliphatic rings. The topological polar surface area (TPSA) is 71.5 Å². The molecule has 3 rings (SSSR count). The Morgan fingerprint density at radius 1 is 1.38 bits per heavy atom. The summed E-state index contributed by atoms with van der Waals surface area (Å²) in [6.07, 6.45) is 4.00. The first kappa shape index (κ1) is 13.7. The van der Waals surface area contributed by atoms with Crippen molar-refractivity contribution in [2.75, 3.05) is 12.4 Å². The molecule has 1 saturated carbocycles. The van der Waals surface area contributed by atoms with Gasteiger partial charge >= 0.3 is 5.97 Å². The number of ether oxygens (including phenoxy) is 1. The van der Waals surface area contributed by atoms with E-state index in [2.05, 4.69) is 10.3 Å². The van der Waals surface area contributed by atoms with E-state index in [9.17, 15) is 4.79 Å². The molecule has 5 nitrogen and oxygen atoms in total. The molecular weight excluding hydrogens is 268 g/mol. The highest BCUT2D eigenvalue weighted by Crippen LogP contribution is 2.31. The maximum atomic E-state index is 11.0. The van der Waals surface area contributed by atoms with E-state index in [1.54, 1.807) is 13.3 Å². The van der Waals surface area contributed by atoms with Crippen LogP contribution in [0.2, 0.25) is 0 Å². The molecule has 2 aromatic rings. The Bertz CT molecular complexity index is 672. The second-order valence-corrected chi connectivity index (χ2v) is 5.44. The Balaban J connectivity index is 1.85. The van der Waals surface area contributed by atoms with E-state index in [1.807, 2.05) is 24.3 Å². The van der Waals surface area contributed by atoms with Crippen molar-refractivity contribution in [2.45, 2.75) is 25.3 Å². The number of aliphatic carboxylic acids is 1. The minimum Gasteiger partial charge on any atom is -0.497 e. The van der Waals surface area contributed by atoms with E-state index in [4.69, 9.17) is 9.84 Å². The second kappa shape index (κ2) is 5.60. The summed E-state index contributed by atoms with van der Waals surface area (Å²) >= 11 is 0. The zero-order valence-corrected chi connectivity index (χ0v) is 11.9. The fourth-order valence-electron chi connectivity index (χ4n) is 2.92. The quantitative estimate of drug-likeness (QED) is 0.904. The molecule has 0 unspecified atom stereocenters. The maximum Gasteiger partial charge on any atom is 0.306 e. The van der Waals surface area contributed by atoms with Gasteiger partial charge in [-0.3, -0.25) is 4.79 Å². The molecule has 0 radical (unpaired) electrons. The second-order valence-electron chi connectivity index (χ2n) is 5.44. The number of aromatic nitrogens is 1. The molecule has 1 aromatic carbocycles. The Kier molecular flexibility index (Phi) is 3.64. The monoisotopic (exact) mass is 286 g/mol. The third-order valence-electron chi connectivity index (χ3n) is 4.10. The molecule has 1 fully saturated rings. The summed E-state index contributed by atoms with van der Waals surface area (Å²) in [5, 5.41) is 14.5. The van der Waals surface area contributed by atoms with Gasteiger partial charge < -0.3 is 15.2 Å². The summed E-state index contributed by atoms with van der Waals surface area (Å²) in [5.41, 5.74) is 0. The molecule has 0 spiro atoms. The fourth-order valence-corrected chi connectivity index (χ4v) is 2.92. The summed E-state index contributed by atoms with van der Waals surface area (Å²) in [4.78, 5) is 15.4. The van der Waals surface area contributed by atoms with Crippen molar-refractivity contribution in [1.29, 1.82) is 0 Å². The highest BCUT2D eigenvalue weighted by molar-refractivity contribution is 5.92. The standard InChI is InChI=1S/C16H18N2O3/c1-21-13-5-3-10-6-7-17-15(14(10)9-13)18-12-4-2-11(8-12)16(19)20/h3,5-7,9,11-12H,2,4,8H2,1H3,(H,17,18)(H,19,20)/t11-,12+/m1/s1. The molecular formula is C16H18N2O3. The van der Waals surface area contributed by atoms with Crippen molar-refractivity contribution >= 4 is 22.6 Å². The lowest BCUT2D eigenvalue weighted by atomic mass is 10.1. The van der Waals surface area contributed by atoms with Crippen molar-refractivity contribution in [3.05, 3.63) is 30.5 Å². The highest BCUT2D eigenvalue weighted by atomic mass is 16.5. The Morgan fingerprint density at radius 2 is 2.24 bits per heavy atom. The van der Waals surface area contributed by atoms with Crippen molar-refractivity contribution < 1.29 is 14.6 Å². The van der Waals surface area contributed by atoms with Crippen LogP contribution in [-0.2, 0) is 4.79 Å². The van der Waals surface area contributed by atoms with Crippen molar-refractivity contribution in [3.63, 3.8) is 0 Å². The third kappa shape index (κ3) is 2.77. The van der Waals surface area contributed by atoms with E-state index < -0.39 is 5.97 Å². The first-order valence-electron chi connectivity index (χ1n) is 7.09. The van der Waals surface area contributed by atoms with Gasteiger partial charge in [-0.25, -0.2) is 4.98 Å². The number of carboxylic acid groups (broad SMARTS) is 1. The molecule has 2 N–H and O–H groups in total. The largest absolute Gasteiger partial charge is 0.497 e. The van der Waals surface area contributed by atoms with E-state index >= 15 is 0 Å². The van der Waals surface area contributed by atoms with Crippen LogP contribution in [0.25, 0.3) is 10.8 Å². The van der Waals surface area contributed by atoms with Gasteiger partial charge in [0.2, 0.25) is 0 Å². The number of carboxylic acids is 1. The predicted octanol–water partition coefficient (Wildman–Crippen LogP) is 2.91. The number of carbonyl (C=O) groups is 1. The molecule has 0 amide bonds. The van der Waals surface area contributed by atoms with Crippen LogP contribution in [0.3, 0.4) is 0 Å². The van der Waals surface area contributed by atoms with Gasteiger partial charge in [0.15, 0.2) is 0 Å². The van der Waals surface area contributed by atoms with Crippen LogP contribution in [0.5, 0.6) is 5.75 Å². The van der Waals surface area contributed by atoms with Crippen LogP contribution < -0.4 is 10.1 Å². The zero-order valence-electron chi connectivity index (χ0n) is 11.9. The Morgan fingerprint density at radius 3 is 2.95 bits per heavy atom. The van der Waals surface area contributed by atoms with Gasteiger partial charge in [-0.05, 0) is 42.8 Å². The molecule has 21 heavy (non-hydrogen) atoms. The van der Waals surface area contributed by atoms with E-state index in [1.165, 1.54) is 0 Å². The molecule has 5 heteroatoms. The number of nitrogens with zero attached hydrogens (tertiary/aromatic N) is 1. The summed E-state index contributed by atoms with van der Waals surface area (Å²) in [6.45, 7) is 0. The van der Waals surface area contributed by atoms with Gasteiger partial charge in [0.1, 0.15) is 11.6 Å². The van der Waals surface area contributed by atoms with Crippen molar-refractivity contribution in [2.24, 2.45) is 5.92 Å². The van der Waals surface area contributed by atoms with Gasteiger partial charge in [-0.2, -0.15) is 0 Å². The number of rotatable bonds is 4. The number of hydrogen-bond acceptors (Lipinski definition) is 4. The predicted molar refractivity (Wildman–Crippen MR) is 80.7 cm³/mol. The molecule has 0 saturated heterocycles. The fraction of sp³-hybridized carbons (Fsp3) is 0.375. The molecule has 2 atom stereocenters. The summed E-state index contributed by atoms with van der Waals surface area (Å²) in [6, 6.07) is 7.98. The normalized spacial score (nSPS) is 21.4. The van der Waals surface area contributed by atoms with Crippen LogP contribution >= 0.6 is 0 Å². The average molecular weight is 286 g/mol. The summed E-state index contributed by atoms with van der Waals surface area (Å²) in [7, 11) is 1.64. The van der Waals surface area contributed by atoms with Gasteiger partial charge in [0.25, 0.3) is 0 Å². The van der Waals surface area contributed by atoms with Crippen LogP contribution in [0, 0.1) is 5.92 Å². The van der Waals surface area contributed by atoms with E-state index in [0.717, 1.165) is 35.2 Å². The number of benzene rings is 1. The number of methoxy groups -OCH3 is 1. The minimum absolute atomic E-state index is 0.162. The lowest BCUT2D eigenvalue weighted by Gasteiger charge is -2.15. The van der Waals surface area contributed by atoms with Crippen LogP contribution in [0.1, 0.15) is 19.3 Å². The first-order valence-corrected chi connectivity index (χ1v) is 7.09. The first-order chi connectivity index (χ1) is 10.2. The third-order valence-corrected chi connectivity index (χ3v) is 4.10. The number of pyridine rings is 1. The van der Waals surface area contributed by atoms with Crippen LogP contribution in [-0.4, -0.2) is 29.2 Å². The Hall–Kier alpha value is -2.30. The van der Waals surface area contributed by atoms with Crippen LogP contribution in [0.4, 0.5) is 5.82 Å². The average Bonchev–Trinajstić information content (AvgIpc) is 2.96. The molecule has 1 aromatic heterocycles. The highest BCUT2D eigenvalue weighted by Gasteiger charge is 2.29. The van der Waals surface area contributed by atoms with E-state index in [0.29, 0.717) is 6.42 Å².